The third-order valence-corrected chi connectivity index (χ3v) is 9.76. The van der Waals surface area contributed by atoms with Crippen molar-refractivity contribution >= 4 is 36.1 Å². The van der Waals surface area contributed by atoms with Gasteiger partial charge in [0.2, 0.25) is 11.5 Å². The zero-order valence-electron chi connectivity index (χ0n) is 22.5. The third kappa shape index (κ3) is 6.64. The number of rotatable bonds is 11. The Bertz CT molecular complexity index is 2120. The molecule has 0 aliphatic carbocycles. The van der Waals surface area contributed by atoms with Crippen LogP contribution in [0.4, 0.5) is 0 Å². The van der Waals surface area contributed by atoms with Crippen molar-refractivity contribution in [2.75, 3.05) is 0 Å². The standard InChI is InChI=1S/C31H22O10S3/c32-29(23-13-5-1-6-14-23)27-21-22-28(39-42(33,34)24-15-7-2-8-16-24)31(41-44(37,38)26-19-11-4-12-20-26)30(27)40-43(35,36)25-17-9-3-10-18-25/h1-22H. The molecule has 0 spiro atoms. The van der Waals surface area contributed by atoms with Crippen LogP contribution in [0.3, 0.4) is 0 Å². The Morgan fingerprint density at radius 2 is 0.773 bits per heavy atom. The van der Waals surface area contributed by atoms with E-state index in [2.05, 4.69) is 0 Å². The van der Waals surface area contributed by atoms with Gasteiger partial charge in [0.15, 0.2) is 11.5 Å². The van der Waals surface area contributed by atoms with Crippen molar-refractivity contribution < 1.29 is 42.6 Å². The highest BCUT2D eigenvalue weighted by Crippen LogP contribution is 2.45. The van der Waals surface area contributed by atoms with Crippen LogP contribution in [0.25, 0.3) is 0 Å². The second-order valence-electron chi connectivity index (χ2n) is 9.02. The lowest BCUT2D eigenvalue weighted by molar-refractivity contribution is 0.103. The molecule has 0 aliphatic heterocycles. The number of carbonyl (C=O) groups is 1. The van der Waals surface area contributed by atoms with Crippen LogP contribution in [-0.2, 0) is 30.4 Å². The first-order chi connectivity index (χ1) is 21.0. The van der Waals surface area contributed by atoms with E-state index in [9.17, 15) is 30.0 Å². The monoisotopic (exact) mass is 650 g/mol. The van der Waals surface area contributed by atoms with Crippen LogP contribution in [-0.4, -0.2) is 31.0 Å². The van der Waals surface area contributed by atoms with Crippen molar-refractivity contribution in [2.24, 2.45) is 0 Å². The lowest BCUT2D eigenvalue weighted by Crippen LogP contribution is -2.18. The Morgan fingerprint density at radius 1 is 0.409 bits per heavy atom. The largest absolute Gasteiger partial charge is 0.375 e. The molecule has 0 unspecified atom stereocenters. The molecule has 0 saturated carbocycles. The molecule has 5 aromatic carbocycles. The molecule has 0 aliphatic rings. The van der Waals surface area contributed by atoms with E-state index in [1.54, 1.807) is 36.4 Å². The van der Waals surface area contributed by atoms with E-state index >= 15 is 0 Å². The smallest absolute Gasteiger partial charge is 0.339 e. The van der Waals surface area contributed by atoms with Gasteiger partial charge in [0.25, 0.3) is 0 Å². The van der Waals surface area contributed by atoms with Gasteiger partial charge < -0.3 is 12.5 Å². The van der Waals surface area contributed by atoms with Crippen molar-refractivity contribution in [3.63, 3.8) is 0 Å². The molecule has 0 saturated heterocycles. The van der Waals surface area contributed by atoms with Gasteiger partial charge in [-0.05, 0) is 48.5 Å². The molecule has 0 aromatic heterocycles. The molecule has 0 radical (unpaired) electrons. The van der Waals surface area contributed by atoms with Crippen molar-refractivity contribution in [1.82, 2.24) is 0 Å². The van der Waals surface area contributed by atoms with Crippen LogP contribution >= 0.6 is 0 Å². The third-order valence-electron chi connectivity index (χ3n) is 6.04. The van der Waals surface area contributed by atoms with Crippen molar-refractivity contribution in [3.8, 4) is 17.2 Å². The highest BCUT2D eigenvalue weighted by Gasteiger charge is 2.33. The fraction of sp³-hybridized carbons (Fsp3) is 0. The van der Waals surface area contributed by atoms with Crippen LogP contribution in [0.1, 0.15) is 15.9 Å². The summed E-state index contributed by atoms with van der Waals surface area (Å²) in [6, 6.07) is 30.3. The number of hydrogen-bond acceptors (Lipinski definition) is 10. The molecule has 10 nitrogen and oxygen atoms in total. The van der Waals surface area contributed by atoms with Gasteiger partial charge in [0.1, 0.15) is 14.7 Å². The van der Waals surface area contributed by atoms with Gasteiger partial charge in [-0.1, -0.05) is 84.9 Å². The summed E-state index contributed by atoms with van der Waals surface area (Å²) in [6.45, 7) is 0. The summed E-state index contributed by atoms with van der Waals surface area (Å²) in [5.74, 6) is -3.41. The molecule has 0 heterocycles. The van der Waals surface area contributed by atoms with Crippen LogP contribution in [0.5, 0.6) is 17.2 Å². The minimum atomic E-state index is -4.77. The summed E-state index contributed by atoms with van der Waals surface area (Å²) in [4.78, 5) is 12.7. The molecular weight excluding hydrogens is 629 g/mol. The summed E-state index contributed by atoms with van der Waals surface area (Å²) >= 11 is 0. The van der Waals surface area contributed by atoms with Gasteiger partial charge in [-0.25, -0.2) is 0 Å². The van der Waals surface area contributed by atoms with Crippen molar-refractivity contribution in [2.45, 2.75) is 14.7 Å². The Hall–Kier alpha value is -4.98. The average molecular weight is 651 g/mol. The molecule has 44 heavy (non-hydrogen) atoms. The summed E-state index contributed by atoms with van der Waals surface area (Å²) in [5, 5.41) is 0. The Kier molecular flexibility index (Phi) is 8.54. The first-order valence-electron chi connectivity index (χ1n) is 12.7. The summed E-state index contributed by atoms with van der Waals surface area (Å²) in [7, 11) is -14.1. The van der Waals surface area contributed by atoms with Gasteiger partial charge in [0, 0.05) is 5.56 Å². The van der Waals surface area contributed by atoms with Crippen LogP contribution in [0.15, 0.2) is 148 Å². The fourth-order valence-corrected chi connectivity index (χ4v) is 6.83. The maximum atomic E-state index is 13.7. The molecule has 0 N–H and O–H groups in total. The second-order valence-corrected chi connectivity index (χ2v) is 13.7. The van der Waals surface area contributed by atoms with Gasteiger partial charge in [-0.2, -0.15) is 25.3 Å². The van der Waals surface area contributed by atoms with E-state index in [-0.39, 0.29) is 20.2 Å². The van der Waals surface area contributed by atoms with E-state index in [1.165, 1.54) is 84.9 Å². The zero-order chi connectivity index (χ0) is 31.4. The number of hydrogen-bond donors (Lipinski definition) is 0. The van der Waals surface area contributed by atoms with Crippen molar-refractivity contribution in [1.29, 1.82) is 0 Å². The topological polar surface area (TPSA) is 147 Å². The average Bonchev–Trinajstić information content (AvgIpc) is 3.04. The molecule has 13 heteroatoms. The fourth-order valence-electron chi connectivity index (χ4n) is 3.94. The number of benzene rings is 5. The second kappa shape index (κ2) is 12.3. The molecule has 224 valence electrons. The van der Waals surface area contributed by atoms with Crippen LogP contribution < -0.4 is 12.5 Å². The lowest BCUT2D eigenvalue weighted by Gasteiger charge is -2.19. The SMILES string of the molecule is O=C(c1ccccc1)c1ccc(OS(=O)(=O)c2ccccc2)c(OS(=O)(=O)c2ccccc2)c1OS(=O)(=O)c1ccccc1. The quantitative estimate of drug-likeness (QED) is 0.138. The molecule has 0 amide bonds. The van der Waals surface area contributed by atoms with Crippen LogP contribution in [0, 0.1) is 0 Å². The van der Waals surface area contributed by atoms with E-state index in [0.717, 1.165) is 12.1 Å². The van der Waals surface area contributed by atoms with Crippen LogP contribution in [0.2, 0.25) is 0 Å². The predicted molar refractivity (Wildman–Crippen MR) is 159 cm³/mol. The first kappa shape index (κ1) is 30.5. The van der Waals surface area contributed by atoms with Gasteiger partial charge >= 0.3 is 30.4 Å². The summed E-state index contributed by atoms with van der Waals surface area (Å²) in [6.07, 6.45) is 0. The zero-order valence-corrected chi connectivity index (χ0v) is 25.0. The van der Waals surface area contributed by atoms with E-state index in [1.807, 2.05) is 0 Å². The predicted octanol–water partition coefficient (Wildman–Crippen LogP) is 5.22. The van der Waals surface area contributed by atoms with E-state index in [4.69, 9.17) is 12.5 Å². The molecule has 0 fully saturated rings. The molecule has 0 bridgehead atoms. The van der Waals surface area contributed by atoms with Gasteiger partial charge in [-0.15, -0.1) is 0 Å². The highest BCUT2D eigenvalue weighted by molar-refractivity contribution is 7.87. The molecule has 5 rings (SSSR count). The number of carbonyl (C=O) groups excluding carboxylic acids is 1. The molecule has 5 aromatic rings. The Labute approximate surface area is 254 Å². The highest BCUT2D eigenvalue weighted by atomic mass is 32.2. The number of ketones is 1. The first-order valence-corrected chi connectivity index (χ1v) is 17.0. The minimum absolute atomic E-state index is 0.0944. The minimum Gasteiger partial charge on any atom is -0.375 e. The maximum absolute atomic E-state index is 13.7. The van der Waals surface area contributed by atoms with Gasteiger partial charge in [-0.3, -0.25) is 4.79 Å². The molecule has 0 atom stereocenters. The normalized spacial score (nSPS) is 11.8. The van der Waals surface area contributed by atoms with Crippen molar-refractivity contribution in [3.05, 3.63) is 145 Å². The Morgan fingerprint density at radius 3 is 1.20 bits per heavy atom. The lowest BCUT2D eigenvalue weighted by atomic mass is 10.0. The van der Waals surface area contributed by atoms with E-state index in [0.29, 0.717) is 0 Å². The summed E-state index contributed by atoms with van der Waals surface area (Å²) < 4.78 is 96.2. The Balaban J connectivity index is 1.76. The maximum Gasteiger partial charge on any atom is 0.339 e. The van der Waals surface area contributed by atoms with E-state index < -0.39 is 58.9 Å². The summed E-state index contributed by atoms with van der Waals surface area (Å²) in [5.41, 5.74) is -0.352. The van der Waals surface area contributed by atoms with Gasteiger partial charge in [0.05, 0.1) is 5.56 Å². The molecular formula is C31H22O10S3.